The Kier molecular flexibility index (Phi) is 5.29. The van der Waals surface area contributed by atoms with E-state index in [4.69, 9.17) is 0 Å². The molecule has 0 amide bonds. The van der Waals surface area contributed by atoms with Crippen LogP contribution in [0.25, 0.3) is 0 Å². The first-order chi connectivity index (χ1) is 13.6. The molecule has 1 aliphatic carbocycles. The van der Waals surface area contributed by atoms with Crippen LogP contribution in [0.4, 0.5) is 4.39 Å². The van der Waals surface area contributed by atoms with Crippen LogP contribution < -0.4 is 5.32 Å². The molecule has 158 valence electrons. The van der Waals surface area contributed by atoms with Crippen LogP contribution in [0, 0.1) is 11.2 Å². The lowest BCUT2D eigenvalue weighted by Crippen LogP contribution is -2.42. The van der Waals surface area contributed by atoms with Crippen molar-refractivity contribution < 1.29 is 12.8 Å². The highest BCUT2D eigenvalue weighted by Gasteiger charge is 2.42. The summed E-state index contributed by atoms with van der Waals surface area (Å²) >= 11 is 0. The maximum Gasteiger partial charge on any atom is 0.262 e. The van der Waals surface area contributed by atoms with E-state index in [1.807, 2.05) is 0 Å². The maximum absolute atomic E-state index is 13.4. The van der Waals surface area contributed by atoms with E-state index in [9.17, 15) is 12.8 Å². The molecule has 1 N–H and O–H groups in total. The molecule has 1 saturated heterocycles. The molecule has 2 aliphatic rings. The molecule has 1 aliphatic heterocycles. The number of nitrogens with one attached hydrogen (secondary N) is 1. The van der Waals surface area contributed by atoms with Crippen molar-refractivity contribution in [2.75, 3.05) is 13.1 Å². The summed E-state index contributed by atoms with van der Waals surface area (Å²) in [6.07, 6.45) is 6.35. The highest BCUT2D eigenvalue weighted by atomic mass is 32.2. The number of benzene rings is 1. The summed E-state index contributed by atoms with van der Waals surface area (Å²) in [5.41, 5.74) is 1.27. The molecule has 0 spiro atoms. The van der Waals surface area contributed by atoms with E-state index in [0.29, 0.717) is 24.5 Å². The van der Waals surface area contributed by atoms with E-state index in [1.54, 1.807) is 23.7 Å². The quantitative estimate of drug-likeness (QED) is 0.808. The van der Waals surface area contributed by atoms with Crippen molar-refractivity contribution in [3.05, 3.63) is 48.2 Å². The smallest absolute Gasteiger partial charge is 0.262 e. The second kappa shape index (κ2) is 7.49. The number of hydrogen-bond acceptors (Lipinski definition) is 4. The minimum atomic E-state index is -3.67. The summed E-state index contributed by atoms with van der Waals surface area (Å²) in [4.78, 5) is 4.05. The molecule has 3 atom stereocenters. The molecule has 8 heteroatoms. The summed E-state index contributed by atoms with van der Waals surface area (Å²) in [7, 11) is -1.92. The Bertz CT molecular complexity index is 971. The molecule has 1 saturated carbocycles. The largest absolute Gasteiger partial charge is 0.339 e. The van der Waals surface area contributed by atoms with E-state index >= 15 is 0 Å². The van der Waals surface area contributed by atoms with Crippen LogP contribution in [0.3, 0.4) is 0 Å². The molecule has 2 fully saturated rings. The minimum Gasteiger partial charge on any atom is -0.339 e. The molecule has 6 nitrogen and oxygen atoms in total. The van der Waals surface area contributed by atoms with Gasteiger partial charge in [0.1, 0.15) is 5.82 Å². The number of aromatic nitrogens is 2. The Morgan fingerprint density at radius 2 is 1.93 bits per heavy atom. The molecule has 1 aromatic heterocycles. The van der Waals surface area contributed by atoms with Gasteiger partial charge in [0.05, 0.1) is 6.33 Å². The second-order valence-corrected chi connectivity index (χ2v) is 11.1. The Morgan fingerprint density at radius 1 is 1.21 bits per heavy atom. The van der Waals surface area contributed by atoms with Gasteiger partial charge in [-0.3, -0.25) is 0 Å². The van der Waals surface area contributed by atoms with Gasteiger partial charge in [0.2, 0.25) is 0 Å². The van der Waals surface area contributed by atoms with Crippen molar-refractivity contribution in [3.8, 4) is 0 Å². The highest BCUT2D eigenvalue weighted by Crippen LogP contribution is 2.39. The Balaban J connectivity index is 1.59. The van der Waals surface area contributed by atoms with Gasteiger partial charge in [-0.15, -0.1) is 0 Å². The van der Waals surface area contributed by atoms with Crippen molar-refractivity contribution in [1.29, 1.82) is 0 Å². The van der Waals surface area contributed by atoms with E-state index in [0.717, 1.165) is 24.8 Å². The number of halogens is 1. The number of sulfonamides is 1. The van der Waals surface area contributed by atoms with Gasteiger partial charge < -0.3 is 9.88 Å². The molecule has 0 radical (unpaired) electrons. The maximum atomic E-state index is 13.4. The Hall–Kier alpha value is -1.77. The summed E-state index contributed by atoms with van der Waals surface area (Å²) in [6.45, 7) is 5.30. The fourth-order valence-corrected chi connectivity index (χ4v) is 6.17. The average molecular weight is 421 g/mol. The average Bonchev–Trinajstić information content (AvgIpc) is 3.35. The molecule has 2 aromatic rings. The molecule has 3 unspecified atom stereocenters. The monoisotopic (exact) mass is 420 g/mol. The predicted octanol–water partition coefficient (Wildman–Crippen LogP) is 2.88. The second-order valence-electron chi connectivity index (χ2n) is 9.23. The lowest BCUT2D eigenvalue weighted by Gasteiger charge is -2.25. The van der Waals surface area contributed by atoms with Gasteiger partial charge >= 0.3 is 0 Å². The van der Waals surface area contributed by atoms with Crippen LogP contribution in [0.2, 0.25) is 0 Å². The molecular weight excluding hydrogens is 391 g/mol. The number of aryl methyl sites for hydroxylation is 1. The number of nitrogens with zero attached hydrogens (tertiary/aromatic N) is 3. The number of rotatable bonds is 5. The third-order valence-electron chi connectivity index (χ3n) is 6.29. The van der Waals surface area contributed by atoms with E-state index in [-0.39, 0.29) is 22.8 Å². The molecule has 0 bridgehead atoms. The van der Waals surface area contributed by atoms with Crippen LogP contribution in [0.15, 0.2) is 41.8 Å². The van der Waals surface area contributed by atoms with Gasteiger partial charge in [-0.05, 0) is 42.4 Å². The van der Waals surface area contributed by atoms with Gasteiger partial charge in [-0.1, -0.05) is 26.0 Å². The van der Waals surface area contributed by atoms with Crippen molar-refractivity contribution >= 4 is 10.0 Å². The van der Waals surface area contributed by atoms with E-state index in [2.05, 4.69) is 24.1 Å². The van der Waals surface area contributed by atoms with Crippen LogP contribution in [-0.2, 0) is 17.1 Å². The van der Waals surface area contributed by atoms with Crippen molar-refractivity contribution in [2.24, 2.45) is 12.5 Å². The third kappa shape index (κ3) is 4.25. The molecule has 1 aromatic carbocycles. The fraction of sp³-hybridized carbons (Fsp3) is 0.571. The van der Waals surface area contributed by atoms with Crippen molar-refractivity contribution in [3.63, 3.8) is 0 Å². The van der Waals surface area contributed by atoms with Crippen LogP contribution in [0.5, 0.6) is 0 Å². The van der Waals surface area contributed by atoms with Gasteiger partial charge in [-0.25, -0.2) is 17.8 Å². The predicted molar refractivity (Wildman–Crippen MR) is 109 cm³/mol. The molecular formula is C21H29FN4O2S. The fourth-order valence-electron chi connectivity index (χ4n) is 4.72. The number of hydrogen-bond donors (Lipinski definition) is 1. The summed E-state index contributed by atoms with van der Waals surface area (Å²) in [6, 6.07) is 6.78. The summed E-state index contributed by atoms with van der Waals surface area (Å²) < 4.78 is 42.8. The van der Waals surface area contributed by atoms with Crippen molar-refractivity contribution in [2.45, 2.75) is 56.1 Å². The minimum absolute atomic E-state index is 0.0159. The molecule has 4 rings (SSSR count). The van der Waals surface area contributed by atoms with Crippen LogP contribution in [0.1, 0.15) is 44.6 Å². The Labute approximate surface area is 172 Å². The first-order valence-corrected chi connectivity index (χ1v) is 11.6. The Morgan fingerprint density at radius 3 is 2.52 bits per heavy atom. The molecule has 29 heavy (non-hydrogen) atoms. The van der Waals surface area contributed by atoms with Gasteiger partial charge in [0, 0.05) is 44.3 Å². The van der Waals surface area contributed by atoms with E-state index < -0.39 is 10.0 Å². The molecule has 2 heterocycles. The van der Waals surface area contributed by atoms with Gasteiger partial charge in [0.15, 0.2) is 5.03 Å². The van der Waals surface area contributed by atoms with Crippen LogP contribution >= 0.6 is 0 Å². The van der Waals surface area contributed by atoms with Crippen LogP contribution in [-0.4, -0.2) is 47.4 Å². The topological polar surface area (TPSA) is 67.2 Å². The zero-order valence-corrected chi connectivity index (χ0v) is 18.0. The lowest BCUT2D eigenvalue weighted by molar-refractivity contribution is 0.347. The SMILES string of the molecule is Cn1cnc(S(=O)(=O)N2CC(NC3CCC(C)(C)C3)C(c3ccc(F)cc3)C2)c1. The third-order valence-corrected chi connectivity index (χ3v) is 8.01. The zero-order valence-electron chi connectivity index (χ0n) is 17.2. The number of imidazole rings is 1. The summed E-state index contributed by atoms with van der Waals surface area (Å²) in [5, 5.41) is 3.80. The standard InChI is InChI=1S/C21H29FN4O2S/c1-21(2)9-8-17(10-21)24-19-12-26(29(27,28)20-13-25(3)14-23-20)11-18(19)15-4-6-16(22)7-5-15/h4-7,13-14,17-19,24H,8-12H2,1-3H3. The van der Waals surface area contributed by atoms with Crippen molar-refractivity contribution in [1.82, 2.24) is 19.2 Å². The lowest BCUT2D eigenvalue weighted by atomic mass is 9.91. The first kappa shape index (κ1) is 20.5. The highest BCUT2D eigenvalue weighted by molar-refractivity contribution is 7.89. The van der Waals surface area contributed by atoms with E-state index in [1.165, 1.54) is 29.0 Å². The van der Waals surface area contributed by atoms with Gasteiger partial charge in [-0.2, -0.15) is 4.31 Å². The van der Waals surface area contributed by atoms with Gasteiger partial charge in [0.25, 0.3) is 10.0 Å². The summed E-state index contributed by atoms with van der Waals surface area (Å²) in [5.74, 6) is -0.315. The normalized spacial score (nSPS) is 27.5. The zero-order chi connectivity index (χ0) is 20.8. The first-order valence-electron chi connectivity index (χ1n) is 10.1.